The molecule has 0 fully saturated rings. The zero-order chi connectivity index (χ0) is 18.2. The van der Waals surface area contributed by atoms with Gasteiger partial charge < -0.3 is 44.5 Å². The predicted molar refractivity (Wildman–Crippen MR) is 99.0 cm³/mol. The van der Waals surface area contributed by atoms with Gasteiger partial charge in [0.2, 0.25) is 0 Å². The van der Waals surface area contributed by atoms with Gasteiger partial charge in [-0.3, -0.25) is 0 Å². The van der Waals surface area contributed by atoms with Crippen LogP contribution in [0.15, 0.2) is 36.4 Å². The summed E-state index contributed by atoms with van der Waals surface area (Å²) in [5.74, 6) is 0.801. The highest BCUT2D eigenvalue weighted by molar-refractivity contribution is 6.32. The molecule has 0 aliphatic heterocycles. The van der Waals surface area contributed by atoms with Crippen LogP contribution in [0.1, 0.15) is 11.1 Å². The van der Waals surface area contributed by atoms with Gasteiger partial charge >= 0.3 is 0 Å². The number of rotatable bonds is 9. The van der Waals surface area contributed by atoms with Crippen LogP contribution in [0.3, 0.4) is 0 Å². The minimum Gasteiger partial charge on any atom is -1.00 e. The first-order valence-electron chi connectivity index (χ1n) is 8.08. The third-order valence-corrected chi connectivity index (χ3v) is 3.93. The van der Waals surface area contributed by atoms with Crippen molar-refractivity contribution in [2.45, 2.75) is 13.2 Å². The average Bonchev–Trinajstić information content (AvgIpc) is 2.58. The first-order chi connectivity index (χ1) is 12.0. The second-order valence-electron chi connectivity index (χ2n) is 6.00. The topological polar surface area (TPSA) is 33.7 Å². The molecule has 1 N–H and O–H groups in total. The number of hydrogen-bond acceptors (Lipinski definition) is 4. The van der Waals surface area contributed by atoms with Crippen molar-refractivity contribution in [2.75, 3.05) is 34.3 Å². The number of nitrogens with one attached hydrogen (secondary N) is 1. The second-order valence-corrected chi connectivity index (χ2v) is 6.41. The van der Waals surface area contributed by atoms with Crippen LogP contribution < -0.4 is 39.6 Å². The number of nitrogens with zero attached hydrogens (tertiary/aromatic N) is 1. The molecule has 2 rings (SSSR count). The molecule has 0 atom stereocenters. The molecule has 0 saturated carbocycles. The van der Waals surface area contributed by atoms with E-state index in [-0.39, 0.29) is 37.2 Å². The quantitative estimate of drug-likeness (QED) is 0.449. The van der Waals surface area contributed by atoms with Gasteiger partial charge in [-0.25, -0.2) is 4.39 Å². The lowest BCUT2D eigenvalue weighted by atomic mass is 10.2. The van der Waals surface area contributed by atoms with Gasteiger partial charge in [0, 0.05) is 19.6 Å². The SMILES string of the molecule is COc1cc(CNCCN(C)C)cc(Cl)c1OCc1ccc(F)cc1.[Cl-].[Cl-]. The minimum absolute atomic E-state index is 0. The molecular formula is C19H24Cl3FN2O2-2. The molecule has 0 heterocycles. The van der Waals surface area contributed by atoms with Crippen LogP contribution in [-0.2, 0) is 13.2 Å². The minimum atomic E-state index is -0.273. The van der Waals surface area contributed by atoms with Crippen molar-refractivity contribution in [1.82, 2.24) is 10.2 Å². The van der Waals surface area contributed by atoms with Crippen molar-refractivity contribution in [1.29, 1.82) is 0 Å². The van der Waals surface area contributed by atoms with Crippen molar-refractivity contribution in [3.05, 3.63) is 58.4 Å². The maximum Gasteiger partial charge on any atom is 0.180 e. The molecular weight excluding hydrogens is 414 g/mol. The Bertz CT molecular complexity index is 685. The normalized spacial score (nSPS) is 10.1. The van der Waals surface area contributed by atoms with Gasteiger partial charge in [0.05, 0.1) is 12.1 Å². The fourth-order valence-electron chi connectivity index (χ4n) is 2.29. The average molecular weight is 438 g/mol. The Kier molecular flexibility index (Phi) is 12.4. The van der Waals surface area contributed by atoms with Gasteiger partial charge in [-0.2, -0.15) is 0 Å². The summed E-state index contributed by atoms with van der Waals surface area (Å²) in [5, 5.41) is 3.85. The third-order valence-electron chi connectivity index (χ3n) is 3.65. The number of ether oxygens (including phenoxy) is 2. The largest absolute Gasteiger partial charge is 1.00 e. The lowest BCUT2D eigenvalue weighted by Crippen LogP contribution is -3.00. The molecule has 0 bridgehead atoms. The molecule has 0 aromatic heterocycles. The van der Waals surface area contributed by atoms with E-state index in [2.05, 4.69) is 10.2 Å². The number of hydrogen-bond donors (Lipinski definition) is 1. The Morgan fingerprint density at radius 3 is 2.33 bits per heavy atom. The number of benzene rings is 2. The molecule has 0 unspecified atom stereocenters. The van der Waals surface area contributed by atoms with Gasteiger partial charge in [-0.05, 0) is 49.5 Å². The van der Waals surface area contributed by atoms with E-state index in [4.69, 9.17) is 21.1 Å². The van der Waals surface area contributed by atoms with E-state index in [1.54, 1.807) is 19.2 Å². The van der Waals surface area contributed by atoms with Crippen molar-refractivity contribution >= 4 is 11.6 Å². The molecule has 8 heteroatoms. The van der Waals surface area contributed by atoms with Crippen LogP contribution in [0.5, 0.6) is 11.5 Å². The first-order valence-corrected chi connectivity index (χ1v) is 8.46. The van der Waals surface area contributed by atoms with E-state index < -0.39 is 0 Å². The van der Waals surface area contributed by atoms with Crippen LogP contribution in [0.4, 0.5) is 4.39 Å². The number of methoxy groups -OCH3 is 1. The summed E-state index contributed by atoms with van der Waals surface area (Å²) in [6.45, 7) is 2.83. The van der Waals surface area contributed by atoms with Crippen molar-refractivity contribution in [3.63, 3.8) is 0 Å². The van der Waals surface area contributed by atoms with Crippen LogP contribution in [-0.4, -0.2) is 39.2 Å². The highest BCUT2D eigenvalue weighted by Crippen LogP contribution is 2.37. The standard InChI is InChI=1S/C19H24ClFN2O2.2ClH/c1-23(2)9-8-22-12-15-10-17(20)19(18(11-15)24-3)25-13-14-4-6-16(21)7-5-14;;/h4-7,10-11,22H,8-9,12-13H2,1-3H3;2*1H/p-2. The van der Waals surface area contributed by atoms with Crippen LogP contribution >= 0.6 is 11.6 Å². The second kappa shape index (κ2) is 13.0. The first kappa shape index (κ1) is 25.8. The Labute approximate surface area is 177 Å². The van der Waals surface area contributed by atoms with E-state index in [0.29, 0.717) is 23.1 Å². The predicted octanol–water partition coefficient (Wildman–Crippen LogP) is -2.27. The fraction of sp³-hybridized carbons (Fsp3) is 0.368. The van der Waals surface area contributed by atoms with E-state index in [1.165, 1.54) is 12.1 Å². The van der Waals surface area contributed by atoms with Crippen molar-refractivity contribution in [2.24, 2.45) is 0 Å². The molecule has 0 aliphatic carbocycles. The molecule has 0 spiro atoms. The lowest BCUT2D eigenvalue weighted by molar-refractivity contribution is -0.00100. The van der Waals surface area contributed by atoms with E-state index >= 15 is 0 Å². The molecule has 0 aliphatic rings. The molecule has 0 saturated heterocycles. The lowest BCUT2D eigenvalue weighted by Gasteiger charge is -2.15. The van der Waals surface area contributed by atoms with Gasteiger partial charge in [-0.1, -0.05) is 23.7 Å². The summed E-state index contributed by atoms with van der Waals surface area (Å²) in [6, 6.07) is 9.94. The summed E-state index contributed by atoms with van der Waals surface area (Å²) in [4.78, 5) is 2.12. The molecule has 27 heavy (non-hydrogen) atoms. The van der Waals surface area contributed by atoms with Gasteiger partial charge in [-0.15, -0.1) is 0 Å². The van der Waals surface area contributed by atoms with E-state index in [0.717, 1.165) is 24.2 Å². The van der Waals surface area contributed by atoms with Crippen LogP contribution in [0.2, 0.25) is 5.02 Å². The summed E-state index contributed by atoms with van der Waals surface area (Å²) in [6.07, 6.45) is 0. The van der Waals surface area contributed by atoms with Gasteiger partial charge in [0.1, 0.15) is 12.4 Å². The van der Waals surface area contributed by atoms with Gasteiger partial charge in [0.25, 0.3) is 0 Å². The monoisotopic (exact) mass is 436 g/mol. The summed E-state index contributed by atoms with van der Waals surface area (Å²) >= 11 is 6.37. The summed E-state index contributed by atoms with van der Waals surface area (Å²) in [5.41, 5.74) is 1.88. The number of likely N-dealkylation sites (N-methyl/N-ethyl adjacent to an activating group) is 1. The van der Waals surface area contributed by atoms with E-state index in [1.807, 2.05) is 26.2 Å². The molecule has 4 nitrogen and oxygen atoms in total. The fourth-order valence-corrected chi connectivity index (χ4v) is 2.57. The Morgan fingerprint density at radius 1 is 1.07 bits per heavy atom. The maximum atomic E-state index is 13.0. The molecule has 2 aromatic carbocycles. The van der Waals surface area contributed by atoms with Gasteiger partial charge in [0.15, 0.2) is 11.5 Å². The Balaban J connectivity index is 0.00000338. The third kappa shape index (κ3) is 8.54. The smallest absolute Gasteiger partial charge is 0.180 e. The number of halogens is 4. The highest BCUT2D eigenvalue weighted by Gasteiger charge is 2.12. The highest BCUT2D eigenvalue weighted by atomic mass is 35.5. The van der Waals surface area contributed by atoms with Crippen LogP contribution in [0.25, 0.3) is 0 Å². The Morgan fingerprint density at radius 2 is 1.74 bits per heavy atom. The summed E-state index contributed by atoms with van der Waals surface area (Å²) < 4.78 is 24.2. The summed E-state index contributed by atoms with van der Waals surface area (Å²) in [7, 11) is 5.66. The van der Waals surface area contributed by atoms with Crippen LogP contribution in [0, 0.1) is 5.82 Å². The zero-order valence-corrected chi connectivity index (χ0v) is 17.8. The van der Waals surface area contributed by atoms with Crippen molar-refractivity contribution in [3.8, 4) is 11.5 Å². The maximum absolute atomic E-state index is 13.0. The zero-order valence-electron chi connectivity index (χ0n) is 15.6. The van der Waals surface area contributed by atoms with Crippen molar-refractivity contribution < 1.29 is 38.7 Å². The molecule has 152 valence electrons. The molecule has 0 radical (unpaired) electrons. The molecule has 0 amide bonds. The molecule has 2 aromatic rings. The Hall–Kier alpha value is -1.24. The van der Waals surface area contributed by atoms with E-state index in [9.17, 15) is 4.39 Å².